The number of hydrogen-bond donors (Lipinski definition) is 0. The predicted octanol–water partition coefficient (Wildman–Crippen LogP) is 1.94. The lowest BCUT2D eigenvalue weighted by molar-refractivity contribution is 0.754. The molecule has 0 bridgehead atoms. The number of halogens is 1. The Labute approximate surface area is 98.1 Å². The molecule has 0 radical (unpaired) electrons. The number of rotatable bonds is 3. The summed E-state index contributed by atoms with van der Waals surface area (Å²) in [7, 11) is 0. The van der Waals surface area contributed by atoms with Gasteiger partial charge in [0.05, 0.1) is 24.1 Å². The summed E-state index contributed by atoms with van der Waals surface area (Å²) in [5, 5.41) is 16.5. The summed E-state index contributed by atoms with van der Waals surface area (Å²) in [4.78, 5) is 0. The van der Waals surface area contributed by atoms with Crippen molar-refractivity contribution in [1.29, 1.82) is 5.26 Å². The van der Waals surface area contributed by atoms with E-state index in [-0.39, 0.29) is 0 Å². The third-order valence-corrected chi connectivity index (χ3v) is 2.46. The average molecular weight is 233 g/mol. The van der Waals surface area contributed by atoms with Crippen molar-refractivity contribution in [3.63, 3.8) is 0 Å². The van der Waals surface area contributed by atoms with Crippen molar-refractivity contribution in [2.24, 2.45) is 0 Å². The zero-order valence-electron chi connectivity index (χ0n) is 8.47. The number of alkyl halides is 1. The van der Waals surface area contributed by atoms with Crippen LogP contribution in [0.4, 0.5) is 0 Å². The molecule has 1 aromatic heterocycles. The molecular weight excluding hydrogens is 224 g/mol. The lowest BCUT2D eigenvalue weighted by Gasteiger charge is -2.04. The molecule has 5 heteroatoms. The standard InChI is InChI=1S/C11H9ClN4/c12-5-11-15-14-8-16(11)7-10-3-1-2-9(4-10)6-13/h1-4,8H,5,7H2. The van der Waals surface area contributed by atoms with Crippen molar-refractivity contribution in [3.05, 3.63) is 47.5 Å². The molecule has 1 aromatic carbocycles. The summed E-state index contributed by atoms with van der Waals surface area (Å²) in [5.74, 6) is 1.06. The summed E-state index contributed by atoms with van der Waals surface area (Å²) >= 11 is 5.72. The van der Waals surface area contributed by atoms with Crippen molar-refractivity contribution in [2.75, 3.05) is 0 Å². The van der Waals surface area contributed by atoms with Crippen LogP contribution in [0.2, 0.25) is 0 Å². The van der Waals surface area contributed by atoms with E-state index in [9.17, 15) is 0 Å². The Hall–Kier alpha value is -1.86. The van der Waals surface area contributed by atoms with E-state index in [4.69, 9.17) is 16.9 Å². The molecule has 2 rings (SSSR count). The van der Waals surface area contributed by atoms with Crippen LogP contribution in [-0.4, -0.2) is 14.8 Å². The maximum atomic E-state index is 8.79. The molecular formula is C11H9ClN4. The fourth-order valence-corrected chi connectivity index (χ4v) is 1.66. The van der Waals surface area contributed by atoms with Gasteiger partial charge in [-0.15, -0.1) is 21.8 Å². The minimum atomic E-state index is 0.331. The maximum absolute atomic E-state index is 8.79. The first kappa shape index (κ1) is 10.7. The quantitative estimate of drug-likeness (QED) is 0.760. The molecule has 1 heterocycles. The van der Waals surface area contributed by atoms with E-state index >= 15 is 0 Å². The van der Waals surface area contributed by atoms with Crippen LogP contribution >= 0.6 is 11.6 Å². The topological polar surface area (TPSA) is 54.5 Å². The zero-order chi connectivity index (χ0) is 11.4. The van der Waals surface area contributed by atoms with Crippen molar-refractivity contribution < 1.29 is 0 Å². The number of benzene rings is 1. The highest BCUT2D eigenvalue weighted by Gasteiger charge is 2.03. The second-order valence-corrected chi connectivity index (χ2v) is 3.59. The third-order valence-electron chi connectivity index (χ3n) is 2.22. The molecule has 0 atom stereocenters. The van der Waals surface area contributed by atoms with Gasteiger partial charge >= 0.3 is 0 Å². The Kier molecular flexibility index (Phi) is 3.18. The van der Waals surface area contributed by atoms with E-state index in [1.807, 2.05) is 22.8 Å². The Morgan fingerprint density at radius 1 is 1.44 bits per heavy atom. The van der Waals surface area contributed by atoms with Crippen LogP contribution in [0, 0.1) is 11.3 Å². The van der Waals surface area contributed by atoms with Crippen LogP contribution in [0.15, 0.2) is 30.6 Å². The van der Waals surface area contributed by atoms with Gasteiger partial charge in [-0.3, -0.25) is 0 Å². The second kappa shape index (κ2) is 4.77. The molecule has 0 N–H and O–H groups in total. The molecule has 2 aromatic rings. The van der Waals surface area contributed by atoms with Crippen LogP contribution in [0.1, 0.15) is 17.0 Å². The van der Waals surface area contributed by atoms with Gasteiger partial charge < -0.3 is 4.57 Å². The normalized spacial score (nSPS) is 10.0. The second-order valence-electron chi connectivity index (χ2n) is 3.32. The first-order valence-corrected chi connectivity index (χ1v) is 5.28. The van der Waals surface area contributed by atoms with E-state index in [2.05, 4.69) is 16.3 Å². The molecule has 0 unspecified atom stereocenters. The molecule has 80 valence electrons. The summed E-state index contributed by atoms with van der Waals surface area (Å²) in [6.45, 7) is 0.630. The van der Waals surface area contributed by atoms with Crippen LogP contribution in [0.25, 0.3) is 0 Å². The highest BCUT2D eigenvalue weighted by Crippen LogP contribution is 2.08. The van der Waals surface area contributed by atoms with Crippen LogP contribution in [0.5, 0.6) is 0 Å². The summed E-state index contributed by atoms with van der Waals surface area (Å²) in [6, 6.07) is 9.55. The van der Waals surface area contributed by atoms with Gasteiger partial charge in [0.25, 0.3) is 0 Å². The monoisotopic (exact) mass is 232 g/mol. The third kappa shape index (κ3) is 2.20. The molecule has 0 saturated heterocycles. The Bertz CT molecular complexity index is 527. The fraction of sp³-hybridized carbons (Fsp3) is 0.182. The van der Waals surface area contributed by atoms with E-state index < -0.39 is 0 Å². The lowest BCUT2D eigenvalue weighted by Crippen LogP contribution is -2.02. The molecule has 16 heavy (non-hydrogen) atoms. The summed E-state index contributed by atoms with van der Waals surface area (Å²) in [6.07, 6.45) is 1.64. The van der Waals surface area contributed by atoms with Gasteiger partial charge in [-0.2, -0.15) is 5.26 Å². The van der Waals surface area contributed by atoms with E-state index in [1.165, 1.54) is 0 Å². The number of nitriles is 1. The van der Waals surface area contributed by atoms with Crippen molar-refractivity contribution in [1.82, 2.24) is 14.8 Å². The smallest absolute Gasteiger partial charge is 0.148 e. The molecule has 0 spiro atoms. The average Bonchev–Trinajstić information content (AvgIpc) is 2.76. The van der Waals surface area contributed by atoms with E-state index in [1.54, 1.807) is 12.4 Å². The lowest BCUT2D eigenvalue weighted by atomic mass is 10.1. The van der Waals surface area contributed by atoms with E-state index in [0.717, 1.165) is 11.4 Å². The molecule has 0 aliphatic rings. The first-order chi connectivity index (χ1) is 7.83. The molecule has 0 saturated carbocycles. The Balaban J connectivity index is 2.24. The molecule has 0 aliphatic heterocycles. The van der Waals surface area contributed by atoms with Crippen LogP contribution < -0.4 is 0 Å². The first-order valence-electron chi connectivity index (χ1n) is 4.75. The van der Waals surface area contributed by atoms with E-state index in [0.29, 0.717) is 18.0 Å². The Morgan fingerprint density at radius 2 is 2.31 bits per heavy atom. The fourth-order valence-electron chi connectivity index (χ4n) is 1.45. The van der Waals surface area contributed by atoms with Gasteiger partial charge in [-0.1, -0.05) is 12.1 Å². The van der Waals surface area contributed by atoms with Crippen LogP contribution in [0.3, 0.4) is 0 Å². The SMILES string of the molecule is N#Cc1cccc(Cn2cnnc2CCl)c1. The van der Waals surface area contributed by atoms with Crippen LogP contribution in [-0.2, 0) is 12.4 Å². The highest BCUT2D eigenvalue weighted by atomic mass is 35.5. The van der Waals surface area contributed by atoms with Gasteiger partial charge in [-0.25, -0.2) is 0 Å². The van der Waals surface area contributed by atoms with Crippen molar-refractivity contribution >= 4 is 11.6 Å². The van der Waals surface area contributed by atoms with Gasteiger partial charge in [0.1, 0.15) is 12.2 Å². The zero-order valence-corrected chi connectivity index (χ0v) is 9.22. The van der Waals surface area contributed by atoms with Gasteiger partial charge in [0.15, 0.2) is 0 Å². The number of hydrogen-bond acceptors (Lipinski definition) is 3. The number of aromatic nitrogens is 3. The molecule has 4 nitrogen and oxygen atoms in total. The highest BCUT2D eigenvalue weighted by molar-refractivity contribution is 6.16. The number of nitrogens with zero attached hydrogens (tertiary/aromatic N) is 4. The van der Waals surface area contributed by atoms with Gasteiger partial charge in [-0.05, 0) is 17.7 Å². The Morgan fingerprint density at radius 3 is 3.06 bits per heavy atom. The minimum Gasteiger partial charge on any atom is -0.312 e. The summed E-state index contributed by atoms with van der Waals surface area (Å²) < 4.78 is 1.86. The van der Waals surface area contributed by atoms with Gasteiger partial charge in [0, 0.05) is 0 Å². The summed E-state index contributed by atoms with van der Waals surface area (Å²) in [5.41, 5.74) is 1.68. The van der Waals surface area contributed by atoms with Gasteiger partial charge in [0.2, 0.25) is 0 Å². The molecule has 0 fully saturated rings. The minimum absolute atomic E-state index is 0.331. The van der Waals surface area contributed by atoms with Crippen molar-refractivity contribution in [3.8, 4) is 6.07 Å². The maximum Gasteiger partial charge on any atom is 0.148 e. The molecule has 0 aliphatic carbocycles. The molecule has 0 amide bonds. The van der Waals surface area contributed by atoms with Crippen molar-refractivity contribution in [2.45, 2.75) is 12.4 Å². The largest absolute Gasteiger partial charge is 0.312 e. The predicted molar refractivity (Wildman–Crippen MR) is 59.8 cm³/mol.